The molecule has 110 valence electrons. The van der Waals surface area contributed by atoms with E-state index in [4.69, 9.17) is 4.74 Å². The molecular formula is C15H20O4S. The Kier molecular flexibility index (Phi) is 4.83. The van der Waals surface area contributed by atoms with Crippen molar-refractivity contribution >= 4 is 9.84 Å². The van der Waals surface area contributed by atoms with E-state index < -0.39 is 9.84 Å². The molecule has 0 spiro atoms. The normalized spacial score (nSPS) is 19.8. The van der Waals surface area contributed by atoms with Crippen LogP contribution in [0.15, 0.2) is 45.9 Å². The number of aliphatic hydroxyl groups is 1. The van der Waals surface area contributed by atoms with Gasteiger partial charge in [0, 0.05) is 6.42 Å². The third-order valence-corrected chi connectivity index (χ3v) is 5.35. The Balaban J connectivity index is 2.42. The van der Waals surface area contributed by atoms with Crippen LogP contribution in [0.5, 0.6) is 0 Å². The fourth-order valence-electron chi connectivity index (χ4n) is 2.34. The van der Waals surface area contributed by atoms with E-state index in [1.807, 2.05) is 6.92 Å². The fourth-order valence-corrected chi connectivity index (χ4v) is 3.97. The highest BCUT2D eigenvalue weighted by molar-refractivity contribution is 7.95. The number of rotatable bonds is 5. The summed E-state index contributed by atoms with van der Waals surface area (Å²) in [6, 6.07) is 8.42. The van der Waals surface area contributed by atoms with Crippen LogP contribution >= 0.6 is 0 Å². The molecule has 0 saturated heterocycles. The standard InChI is InChI=1S/C15H20O4S/c1-2-6-14-15(10-9-12(11-16)19-14)20(17,18)13-7-4-3-5-8-13/h3-5,7-8,12,16H,2,6,9-11H2,1H3/t12-/m1/s1. The molecule has 0 fully saturated rings. The van der Waals surface area contributed by atoms with Crippen LogP contribution in [0, 0.1) is 0 Å². The van der Waals surface area contributed by atoms with Crippen LogP contribution in [0.1, 0.15) is 32.6 Å². The Labute approximate surface area is 120 Å². The molecule has 0 aromatic heterocycles. The van der Waals surface area contributed by atoms with Gasteiger partial charge in [0.25, 0.3) is 0 Å². The predicted molar refractivity (Wildman–Crippen MR) is 76.8 cm³/mol. The lowest BCUT2D eigenvalue weighted by atomic mass is 10.1. The second-order valence-electron chi connectivity index (χ2n) is 4.87. The molecule has 1 heterocycles. The molecule has 0 radical (unpaired) electrons. The lowest BCUT2D eigenvalue weighted by Crippen LogP contribution is -2.25. The Morgan fingerprint density at radius 1 is 1.30 bits per heavy atom. The van der Waals surface area contributed by atoms with Crippen LogP contribution in [0.2, 0.25) is 0 Å². The highest BCUT2D eigenvalue weighted by Crippen LogP contribution is 2.33. The summed E-state index contributed by atoms with van der Waals surface area (Å²) in [6.45, 7) is 1.90. The van der Waals surface area contributed by atoms with Crippen LogP contribution in [0.25, 0.3) is 0 Å². The molecule has 1 N–H and O–H groups in total. The summed E-state index contributed by atoms with van der Waals surface area (Å²) in [5, 5.41) is 9.19. The zero-order chi connectivity index (χ0) is 14.6. The summed E-state index contributed by atoms with van der Waals surface area (Å²) in [7, 11) is -3.49. The topological polar surface area (TPSA) is 63.6 Å². The van der Waals surface area contributed by atoms with Gasteiger partial charge in [-0.3, -0.25) is 0 Å². The summed E-state index contributed by atoms with van der Waals surface area (Å²) in [5.41, 5.74) is 0. The maximum Gasteiger partial charge on any atom is 0.206 e. The van der Waals surface area contributed by atoms with Crippen molar-refractivity contribution in [1.82, 2.24) is 0 Å². The smallest absolute Gasteiger partial charge is 0.206 e. The molecule has 2 rings (SSSR count). The molecule has 0 amide bonds. The van der Waals surface area contributed by atoms with Gasteiger partial charge in [-0.15, -0.1) is 0 Å². The number of benzene rings is 1. The molecule has 0 saturated carbocycles. The number of hydrogen-bond acceptors (Lipinski definition) is 4. The van der Waals surface area contributed by atoms with Gasteiger partial charge in [-0.05, 0) is 31.4 Å². The van der Waals surface area contributed by atoms with Crippen molar-refractivity contribution in [3.63, 3.8) is 0 Å². The monoisotopic (exact) mass is 296 g/mol. The van der Waals surface area contributed by atoms with Gasteiger partial charge in [-0.2, -0.15) is 0 Å². The van der Waals surface area contributed by atoms with Crippen molar-refractivity contribution in [3.8, 4) is 0 Å². The predicted octanol–water partition coefficient (Wildman–Crippen LogP) is 2.64. The van der Waals surface area contributed by atoms with Gasteiger partial charge in [-0.1, -0.05) is 25.1 Å². The highest BCUT2D eigenvalue weighted by atomic mass is 32.2. The lowest BCUT2D eigenvalue weighted by Gasteiger charge is -2.27. The minimum atomic E-state index is -3.49. The van der Waals surface area contributed by atoms with Crippen molar-refractivity contribution in [2.45, 2.75) is 43.6 Å². The van der Waals surface area contributed by atoms with E-state index in [1.165, 1.54) is 0 Å². The molecule has 4 nitrogen and oxygen atoms in total. The Morgan fingerprint density at radius 2 is 2.00 bits per heavy atom. The molecule has 1 aromatic rings. The number of ether oxygens (including phenoxy) is 1. The summed E-state index contributed by atoms with van der Waals surface area (Å²) >= 11 is 0. The van der Waals surface area contributed by atoms with Crippen LogP contribution in [-0.2, 0) is 14.6 Å². The zero-order valence-electron chi connectivity index (χ0n) is 11.6. The molecule has 1 aliphatic rings. The number of sulfone groups is 1. The zero-order valence-corrected chi connectivity index (χ0v) is 12.4. The molecule has 5 heteroatoms. The highest BCUT2D eigenvalue weighted by Gasteiger charge is 2.30. The second kappa shape index (κ2) is 6.41. The first-order valence-corrected chi connectivity index (χ1v) is 8.37. The van der Waals surface area contributed by atoms with Crippen LogP contribution in [-0.4, -0.2) is 26.2 Å². The first-order valence-electron chi connectivity index (χ1n) is 6.89. The van der Waals surface area contributed by atoms with E-state index in [0.717, 1.165) is 6.42 Å². The maximum absolute atomic E-state index is 12.7. The summed E-state index contributed by atoms with van der Waals surface area (Å²) in [4.78, 5) is 0.671. The van der Waals surface area contributed by atoms with Crippen molar-refractivity contribution < 1.29 is 18.3 Å². The van der Waals surface area contributed by atoms with Gasteiger partial charge in [0.2, 0.25) is 9.84 Å². The van der Waals surface area contributed by atoms with Crippen LogP contribution in [0.4, 0.5) is 0 Å². The van der Waals surface area contributed by atoms with Crippen molar-refractivity contribution in [2.24, 2.45) is 0 Å². The largest absolute Gasteiger partial charge is 0.491 e. The van der Waals surface area contributed by atoms with Crippen LogP contribution in [0.3, 0.4) is 0 Å². The van der Waals surface area contributed by atoms with E-state index in [1.54, 1.807) is 30.3 Å². The van der Waals surface area contributed by atoms with Crippen LogP contribution < -0.4 is 0 Å². The molecule has 1 aromatic carbocycles. The number of aliphatic hydroxyl groups excluding tert-OH is 1. The summed E-state index contributed by atoms with van der Waals surface area (Å²) in [5.74, 6) is 0.515. The van der Waals surface area contributed by atoms with E-state index in [9.17, 15) is 13.5 Å². The molecule has 0 bridgehead atoms. The van der Waals surface area contributed by atoms with E-state index in [-0.39, 0.29) is 12.7 Å². The average Bonchev–Trinajstić information content (AvgIpc) is 2.48. The van der Waals surface area contributed by atoms with Gasteiger partial charge in [0.15, 0.2) is 0 Å². The van der Waals surface area contributed by atoms with Gasteiger partial charge in [0.05, 0.1) is 16.4 Å². The summed E-state index contributed by atoms with van der Waals surface area (Å²) in [6.07, 6.45) is 2.06. The maximum atomic E-state index is 12.7. The second-order valence-corrected chi connectivity index (χ2v) is 6.85. The van der Waals surface area contributed by atoms with E-state index >= 15 is 0 Å². The molecule has 20 heavy (non-hydrogen) atoms. The fraction of sp³-hybridized carbons (Fsp3) is 0.467. The van der Waals surface area contributed by atoms with Gasteiger partial charge in [-0.25, -0.2) is 8.42 Å². The Bertz CT molecular complexity index is 575. The molecule has 1 aliphatic heterocycles. The molecule has 0 aliphatic carbocycles. The number of allylic oxidation sites excluding steroid dienone is 2. The third kappa shape index (κ3) is 3.04. The van der Waals surface area contributed by atoms with Crippen molar-refractivity contribution in [3.05, 3.63) is 41.0 Å². The van der Waals surface area contributed by atoms with Gasteiger partial charge < -0.3 is 9.84 Å². The molecule has 0 unspecified atom stereocenters. The quantitative estimate of drug-likeness (QED) is 0.907. The van der Waals surface area contributed by atoms with E-state index in [0.29, 0.717) is 34.8 Å². The van der Waals surface area contributed by atoms with Crippen molar-refractivity contribution in [2.75, 3.05) is 6.61 Å². The van der Waals surface area contributed by atoms with E-state index in [2.05, 4.69) is 0 Å². The minimum Gasteiger partial charge on any atom is -0.491 e. The number of hydrogen-bond donors (Lipinski definition) is 1. The first kappa shape index (κ1) is 15.1. The average molecular weight is 296 g/mol. The Morgan fingerprint density at radius 3 is 2.60 bits per heavy atom. The minimum absolute atomic E-state index is 0.0775. The SMILES string of the molecule is CCCC1=C(S(=O)(=O)c2ccccc2)CC[C@H](CO)O1. The molecular weight excluding hydrogens is 276 g/mol. The van der Waals surface area contributed by atoms with Gasteiger partial charge >= 0.3 is 0 Å². The lowest BCUT2D eigenvalue weighted by molar-refractivity contribution is 0.0380. The van der Waals surface area contributed by atoms with Crippen molar-refractivity contribution in [1.29, 1.82) is 0 Å². The third-order valence-electron chi connectivity index (χ3n) is 3.37. The first-order chi connectivity index (χ1) is 9.59. The Hall–Kier alpha value is -1.33. The molecule has 1 atom stereocenters. The summed E-state index contributed by atoms with van der Waals surface area (Å²) < 4.78 is 31.0. The van der Waals surface area contributed by atoms with Gasteiger partial charge in [0.1, 0.15) is 11.9 Å².